The summed E-state index contributed by atoms with van der Waals surface area (Å²) in [5.41, 5.74) is 0.722. The molecule has 0 radical (unpaired) electrons. The number of amides is 1. The number of nitrogens with one attached hydrogen (secondary N) is 1. The van der Waals surface area contributed by atoms with Gasteiger partial charge in [0.25, 0.3) is 0 Å². The second kappa shape index (κ2) is 9.72. The minimum atomic E-state index is -0.0748. The van der Waals surface area contributed by atoms with Crippen LogP contribution < -0.4 is 10.1 Å². The molecule has 0 saturated heterocycles. The summed E-state index contributed by atoms with van der Waals surface area (Å²) in [5.74, 6) is 0.698. The van der Waals surface area contributed by atoms with E-state index >= 15 is 0 Å². The first kappa shape index (κ1) is 18.0. The highest BCUT2D eigenvalue weighted by molar-refractivity contribution is 5.90. The second-order valence-electron chi connectivity index (χ2n) is 5.48. The predicted octanol–water partition coefficient (Wildman–Crippen LogP) is 2.63. The number of likely N-dealkylation sites (N-methyl/N-ethyl adjacent to an activating group) is 1. The second-order valence-corrected chi connectivity index (χ2v) is 5.48. The molecule has 0 spiro atoms. The first-order valence-electron chi connectivity index (χ1n) is 8.43. The van der Waals surface area contributed by atoms with Crippen LogP contribution in [0.15, 0.2) is 42.7 Å². The van der Waals surface area contributed by atoms with Crippen molar-refractivity contribution in [2.24, 2.45) is 0 Å². The van der Waals surface area contributed by atoms with Gasteiger partial charge in [-0.1, -0.05) is 32.0 Å². The van der Waals surface area contributed by atoms with Crippen molar-refractivity contribution in [3.05, 3.63) is 42.7 Å². The topological polar surface area (TPSA) is 59.4 Å². The van der Waals surface area contributed by atoms with Gasteiger partial charge in [-0.15, -0.1) is 0 Å². The summed E-state index contributed by atoms with van der Waals surface area (Å²) >= 11 is 0. The fourth-order valence-corrected chi connectivity index (χ4v) is 2.34. The number of nitrogens with zero attached hydrogens (tertiary/aromatic N) is 3. The van der Waals surface area contributed by atoms with Crippen LogP contribution in [0, 0.1) is 0 Å². The van der Waals surface area contributed by atoms with Crippen LogP contribution in [-0.2, 0) is 11.3 Å². The summed E-state index contributed by atoms with van der Waals surface area (Å²) in [6, 6.07) is 9.48. The standard InChI is InChI=1S/C18H26N4O2/c1-3-21(4-2)11-12-22-15-16(14-19-22)20-18(23)10-13-24-17-8-6-5-7-9-17/h5-9,14-15H,3-4,10-13H2,1-2H3,(H,20,23). The fourth-order valence-electron chi connectivity index (χ4n) is 2.34. The molecule has 1 amide bonds. The maximum Gasteiger partial charge on any atom is 0.227 e. The van der Waals surface area contributed by atoms with Gasteiger partial charge >= 0.3 is 0 Å². The zero-order valence-electron chi connectivity index (χ0n) is 14.4. The van der Waals surface area contributed by atoms with Crippen LogP contribution in [0.2, 0.25) is 0 Å². The van der Waals surface area contributed by atoms with E-state index in [2.05, 4.69) is 29.2 Å². The van der Waals surface area contributed by atoms with Crippen molar-refractivity contribution < 1.29 is 9.53 Å². The monoisotopic (exact) mass is 330 g/mol. The van der Waals surface area contributed by atoms with Gasteiger partial charge in [-0.3, -0.25) is 9.48 Å². The Labute approximate surface area is 143 Å². The lowest BCUT2D eigenvalue weighted by Gasteiger charge is -2.17. The summed E-state index contributed by atoms with van der Waals surface area (Å²) in [6.45, 7) is 8.48. The first-order chi connectivity index (χ1) is 11.7. The van der Waals surface area contributed by atoms with E-state index in [-0.39, 0.29) is 5.91 Å². The van der Waals surface area contributed by atoms with E-state index in [1.165, 1.54) is 0 Å². The summed E-state index contributed by atoms with van der Waals surface area (Å²) in [6.07, 6.45) is 3.84. The van der Waals surface area contributed by atoms with E-state index in [4.69, 9.17) is 4.74 Å². The zero-order valence-corrected chi connectivity index (χ0v) is 14.4. The first-order valence-corrected chi connectivity index (χ1v) is 8.43. The number of carbonyl (C=O) groups is 1. The van der Waals surface area contributed by atoms with Gasteiger partial charge in [0.2, 0.25) is 5.91 Å². The number of ether oxygens (including phenoxy) is 1. The fraction of sp³-hybridized carbons (Fsp3) is 0.444. The van der Waals surface area contributed by atoms with Gasteiger partial charge in [-0.25, -0.2) is 0 Å². The van der Waals surface area contributed by atoms with Gasteiger partial charge in [-0.05, 0) is 25.2 Å². The van der Waals surface area contributed by atoms with Crippen molar-refractivity contribution >= 4 is 11.6 Å². The SMILES string of the molecule is CCN(CC)CCn1cc(NC(=O)CCOc2ccccc2)cn1. The molecule has 0 aliphatic rings. The maximum atomic E-state index is 11.9. The molecule has 2 rings (SSSR count). The molecule has 6 heteroatoms. The third-order valence-corrected chi connectivity index (χ3v) is 3.80. The Morgan fingerprint density at radius 3 is 2.71 bits per heavy atom. The molecule has 1 heterocycles. The Morgan fingerprint density at radius 2 is 2.00 bits per heavy atom. The van der Waals surface area contributed by atoms with Crippen LogP contribution in [0.5, 0.6) is 5.75 Å². The summed E-state index contributed by atoms with van der Waals surface area (Å²) < 4.78 is 7.38. The Kier molecular flexibility index (Phi) is 7.29. The number of carbonyl (C=O) groups excluding carboxylic acids is 1. The van der Waals surface area contributed by atoms with Gasteiger partial charge in [0.05, 0.1) is 31.5 Å². The molecule has 1 aromatic carbocycles. The normalized spacial score (nSPS) is 10.8. The molecule has 0 aliphatic heterocycles. The van der Waals surface area contributed by atoms with Crippen molar-refractivity contribution in [3.63, 3.8) is 0 Å². The lowest BCUT2D eigenvalue weighted by Crippen LogP contribution is -2.27. The van der Waals surface area contributed by atoms with Crippen molar-refractivity contribution in [1.29, 1.82) is 0 Å². The number of aromatic nitrogens is 2. The van der Waals surface area contributed by atoms with Gasteiger partial charge in [-0.2, -0.15) is 5.10 Å². The molecular weight excluding hydrogens is 304 g/mol. The highest BCUT2D eigenvalue weighted by Gasteiger charge is 2.06. The average molecular weight is 330 g/mol. The van der Waals surface area contributed by atoms with Crippen LogP contribution in [0.3, 0.4) is 0 Å². The number of benzene rings is 1. The minimum Gasteiger partial charge on any atom is -0.493 e. The largest absolute Gasteiger partial charge is 0.493 e. The van der Waals surface area contributed by atoms with Crippen LogP contribution >= 0.6 is 0 Å². The highest BCUT2D eigenvalue weighted by Crippen LogP contribution is 2.09. The summed E-state index contributed by atoms with van der Waals surface area (Å²) in [4.78, 5) is 14.3. The van der Waals surface area contributed by atoms with Gasteiger partial charge in [0, 0.05) is 12.7 Å². The molecule has 0 atom stereocenters. The smallest absolute Gasteiger partial charge is 0.227 e. The molecule has 0 aliphatic carbocycles. The van der Waals surface area contributed by atoms with E-state index in [0.717, 1.165) is 37.6 Å². The van der Waals surface area contributed by atoms with Crippen LogP contribution in [0.4, 0.5) is 5.69 Å². The number of anilines is 1. The molecular formula is C18H26N4O2. The number of hydrogen-bond donors (Lipinski definition) is 1. The van der Waals surface area contributed by atoms with Gasteiger partial charge in [0.1, 0.15) is 5.75 Å². The van der Waals surface area contributed by atoms with E-state index < -0.39 is 0 Å². The molecule has 1 aromatic heterocycles. The molecule has 6 nitrogen and oxygen atoms in total. The molecule has 0 fully saturated rings. The Balaban J connectivity index is 1.70. The Morgan fingerprint density at radius 1 is 1.25 bits per heavy atom. The van der Waals surface area contributed by atoms with Crippen molar-refractivity contribution in [2.45, 2.75) is 26.8 Å². The Bertz CT molecular complexity index is 608. The summed E-state index contributed by atoms with van der Waals surface area (Å²) in [5, 5.41) is 7.13. The highest BCUT2D eigenvalue weighted by atomic mass is 16.5. The lowest BCUT2D eigenvalue weighted by atomic mass is 10.3. The Hall–Kier alpha value is -2.34. The van der Waals surface area contributed by atoms with Crippen molar-refractivity contribution in [2.75, 3.05) is 31.6 Å². The third kappa shape index (κ3) is 6.04. The van der Waals surface area contributed by atoms with E-state index in [9.17, 15) is 4.79 Å². The van der Waals surface area contributed by atoms with E-state index in [1.807, 2.05) is 41.2 Å². The van der Waals surface area contributed by atoms with Crippen LogP contribution in [-0.4, -0.2) is 46.8 Å². The predicted molar refractivity (Wildman–Crippen MR) is 95.2 cm³/mol. The van der Waals surface area contributed by atoms with E-state index in [0.29, 0.717) is 13.0 Å². The van der Waals surface area contributed by atoms with Gasteiger partial charge in [0.15, 0.2) is 0 Å². The zero-order chi connectivity index (χ0) is 17.2. The molecule has 2 aromatic rings. The van der Waals surface area contributed by atoms with Crippen LogP contribution in [0.1, 0.15) is 20.3 Å². The summed E-state index contributed by atoms with van der Waals surface area (Å²) in [7, 11) is 0. The number of rotatable bonds is 10. The van der Waals surface area contributed by atoms with Gasteiger partial charge < -0.3 is 15.0 Å². The quantitative estimate of drug-likeness (QED) is 0.727. The molecule has 24 heavy (non-hydrogen) atoms. The average Bonchev–Trinajstić information content (AvgIpc) is 3.04. The number of hydrogen-bond acceptors (Lipinski definition) is 4. The molecule has 0 unspecified atom stereocenters. The van der Waals surface area contributed by atoms with Crippen molar-refractivity contribution in [1.82, 2.24) is 14.7 Å². The maximum absolute atomic E-state index is 11.9. The third-order valence-electron chi connectivity index (χ3n) is 3.80. The van der Waals surface area contributed by atoms with Crippen molar-refractivity contribution in [3.8, 4) is 5.75 Å². The van der Waals surface area contributed by atoms with Crippen LogP contribution in [0.25, 0.3) is 0 Å². The lowest BCUT2D eigenvalue weighted by molar-refractivity contribution is -0.116. The molecule has 0 saturated carbocycles. The molecule has 0 bridgehead atoms. The molecule has 1 N–H and O–H groups in total. The molecule has 130 valence electrons. The van der Waals surface area contributed by atoms with E-state index in [1.54, 1.807) is 6.20 Å². The minimum absolute atomic E-state index is 0.0748. The number of para-hydroxylation sites is 1.